The summed E-state index contributed by atoms with van der Waals surface area (Å²) in [6.45, 7) is 3.25. The van der Waals surface area contributed by atoms with Crippen LogP contribution in [0.3, 0.4) is 0 Å². The molecule has 1 saturated heterocycles. The van der Waals surface area contributed by atoms with Crippen LogP contribution in [-0.2, 0) is 6.54 Å². The standard InChI is InChI=1S/C22H24N4/c1-3-7-18(8-4-1)17-26-13-11-21(12-14-26)25-22-23-15-20(16-24-22)19-9-5-2-6-10-19/h1-10,15-16,21H,11-14,17H2,(H,23,24,25). The molecule has 1 aliphatic heterocycles. The summed E-state index contributed by atoms with van der Waals surface area (Å²) in [6, 6.07) is 21.4. The third-order valence-corrected chi connectivity index (χ3v) is 4.93. The predicted molar refractivity (Wildman–Crippen MR) is 106 cm³/mol. The van der Waals surface area contributed by atoms with Crippen LogP contribution in [0.1, 0.15) is 18.4 Å². The third-order valence-electron chi connectivity index (χ3n) is 4.93. The summed E-state index contributed by atoms with van der Waals surface area (Å²) >= 11 is 0. The van der Waals surface area contributed by atoms with Gasteiger partial charge < -0.3 is 5.32 Å². The normalized spacial score (nSPS) is 15.7. The fourth-order valence-corrected chi connectivity index (χ4v) is 3.44. The lowest BCUT2D eigenvalue weighted by Crippen LogP contribution is -2.38. The first-order valence-corrected chi connectivity index (χ1v) is 9.27. The zero-order chi connectivity index (χ0) is 17.6. The van der Waals surface area contributed by atoms with Gasteiger partial charge in [0.1, 0.15) is 0 Å². The molecule has 2 heterocycles. The number of anilines is 1. The molecule has 26 heavy (non-hydrogen) atoms. The Balaban J connectivity index is 1.29. The minimum absolute atomic E-state index is 0.449. The molecule has 0 unspecified atom stereocenters. The molecular weight excluding hydrogens is 320 g/mol. The number of nitrogens with zero attached hydrogens (tertiary/aromatic N) is 3. The lowest BCUT2D eigenvalue weighted by Gasteiger charge is -2.32. The van der Waals surface area contributed by atoms with E-state index in [-0.39, 0.29) is 0 Å². The van der Waals surface area contributed by atoms with Crippen molar-refractivity contribution in [3.05, 3.63) is 78.6 Å². The smallest absolute Gasteiger partial charge is 0.222 e. The van der Waals surface area contributed by atoms with Crippen molar-refractivity contribution < 1.29 is 0 Å². The Kier molecular flexibility index (Phi) is 5.22. The molecule has 1 N–H and O–H groups in total. The first kappa shape index (κ1) is 16.7. The van der Waals surface area contributed by atoms with E-state index < -0.39 is 0 Å². The molecule has 1 aliphatic rings. The van der Waals surface area contributed by atoms with Gasteiger partial charge in [0, 0.05) is 43.6 Å². The van der Waals surface area contributed by atoms with Gasteiger partial charge in [0.2, 0.25) is 5.95 Å². The third kappa shape index (κ3) is 4.27. The van der Waals surface area contributed by atoms with Crippen molar-refractivity contribution in [1.82, 2.24) is 14.9 Å². The van der Waals surface area contributed by atoms with E-state index >= 15 is 0 Å². The summed E-state index contributed by atoms with van der Waals surface area (Å²) in [5.74, 6) is 0.728. The van der Waals surface area contributed by atoms with Gasteiger partial charge in [-0.05, 0) is 24.0 Å². The topological polar surface area (TPSA) is 41.0 Å². The SMILES string of the molecule is c1ccc(CN2CCC(Nc3ncc(-c4ccccc4)cn3)CC2)cc1. The first-order chi connectivity index (χ1) is 12.9. The van der Waals surface area contributed by atoms with E-state index in [1.807, 2.05) is 30.6 Å². The molecule has 1 aromatic heterocycles. The van der Waals surface area contributed by atoms with Crippen LogP contribution in [0.5, 0.6) is 0 Å². The number of nitrogens with one attached hydrogen (secondary N) is 1. The number of piperidine rings is 1. The number of hydrogen-bond donors (Lipinski definition) is 1. The van der Waals surface area contributed by atoms with Crippen LogP contribution in [0, 0.1) is 0 Å². The van der Waals surface area contributed by atoms with Crippen LogP contribution in [-0.4, -0.2) is 34.0 Å². The van der Waals surface area contributed by atoms with Crippen molar-refractivity contribution in [3.63, 3.8) is 0 Å². The van der Waals surface area contributed by atoms with E-state index in [1.165, 1.54) is 5.56 Å². The van der Waals surface area contributed by atoms with Crippen LogP contribution in [0.15, 0.2) is 73.1 Å². The molecule has 3 aromatic rings. The van der Waals surface area contributed by atoms with Gasteiger partial charge in [-0.1, -0.05) is 60.7 Å². The molecule has 132 valence electrons. The minimum Gasteiger partial charge on any atom is -0.351 e. The van der Waals surface area contributed by atoms with Gasteiger partial charge in [-0.3, -0.25) is 4.90 Å². The lowest BCUT2D eigenvalue weighted by molar-refractivity contribution is 0.211. The van der Waals surface area contributed by atoms with Crippen molar-refractivity contribution in [2.75, 3.05) is 18.4 Å². The van der Waals surface area contributed by atoms with E-state index in [2.05, 4.69) is 62.6 Å². The van der Waals surface area contributed by atoms with Gasteiger partial charge in [-0.2, -0.15) is 0 Å². The van der Waals surface area contributed by atoms with Gasteiger partial charge in [0.05, 0.1) is 0 Å². The van der Waals surface area contributed by atoms with E-state index in [4.69, 9.17) is 0 Å². The van der Waals surface area contributed by atoms with Crippen molar-refractivity contribution in [2.24, 2.45) is 0 Å². The second-order valence-electron chi connectivity index (χ2n) is 6.84. The number of benzene rings is 2. The number of likely N-dealkylation sites (tertiary alicyclic amines) is 1. The molecule has 0 spiro atoms. The van der Waals surface area contributed by atoms with Gasteiger partial charge in [0.15, 0.2) is 0 Å². The Morgan fingerprint density at radius 1 is 0.808 bits per heavy atom. The van der Waals surface area contributed by atoms with Crippen LogP contribution >= 0.6 is 0 Å². The Morgan fingerprint density at radius 2 is 1.42 bits per heavy atom. The average molecular weight is 344 g/mol. The quantitative estimate of drug-likeness (QED) is 0.752. The molecule has 4 rings (SSSR count). The molecular formula is C22H24N4. The number of aromatic nitrogens is 2. The average Bonchev–Trinajstić information content (AvgIpc) is 2.72. The van der Waals surface area contributed by atoms with Gasteiger partial charge in [0.25, 0.3) is 0 Å². The zero-order valence-corrected chi connectivity index (χ0v) is 14.9. The molecule has 0 amide bonds. The maximum atomic E-state index is 4.50. The summed E-state index contributed by atoms with van der Waals surface area (Å²) in [7, 11) is 0. The number of rotatable bonds is 5. The maximum Gasteiger partial charge on any atom is 0.222 e. The van der Waals surface area contributed by atoms with Crippen LogP contribution < -0.4 is 5.32 Å². The highest BCUT2D eigenvalue weighted by molar-refractivity contribution is 5.61. The fraction of sp³-hybridized carbons (Fsp3) is 0.273. The van der Waals surface area contributed by atoms with Crippen molar-refractivity contribution in [1.29, 1.82) is 0 Å². The van der Waals surface area contributed by atoms with Gasteiger partial charge in [-0.25, -0.2) is 9.97 Å². The summed E-state index contributed by atoms with van der Waals surface area (Å²) in [5.41, 5.74) is 3.58. The second-order valence-corrected chi connectivity index (χ2v) is 6.84. The van der Waals surface area contributed by atoms with E-state index in [0.29, 0.717) is 6.04 Å². The van der Waals surface area contributed by atoms with E-state index in [0.717, 1.165) is 49.6 Å². The van der Waals surface area contributed by atoms with Crippen molar-refractivity contribution in [2.45, 2.75) is 25.4 Å². The van der Waals surface area contributed by atoms with Gasteiger partial charge >= 0.3 is 0 Å². The van der Waals surface area contributed by atoms with E-state index in [1.54, 1.807) is 0 Å². The number of hydrogen-bond acceptors (Lipinski definition) is 4. The monoisotopic (exact) mass is 344 g/mol. The molecule has 4 nitrogen and oxygen atoms in total. The van der Waals surface area contributed by atoms with E-state index in [9.17, 15) is 0 Å². The largest absolute Gasteiger partial charge is 0.351 e. The Morgan fingerprint density at radius 3 is 2.08 bits per heavy atom. The molecule has 0 aliphatic carbocycles. The minimum atomic E-state index is 0.449. The first-order valence-electron chi connectivity index (χ1n) is 9.27. The highest BCUT2D eigenvalue weighted by Gasteiger charge is 2.19. The molecule has 0 saturated carbocycles. The van der Waals surface area contributed by atoms with Crippen molar-refractivity contribution >= 4 is 5.95 Å². The van der Waals surface area contributed by atoms with Gasteiger partial charge in [-0.15, -0.1) is 0 Å². The summed E-state index contributed by atoms with van der Waals surface area (Å²) in [6.07, 6.45) is 6.04. The fourth-order valence-electron chi connectivity index (χ4n) is 3.44. The van der Waals surface area contributed by atoms with Crippen LogP contribution in [0.25, 0.3) is 11.1 Å². The zero-order valence-electron chi connectivity index (χ0n) is 14.9. The highest BCUT2D eigenvalue weighted by Crippen LogP contribution is 2.19. The Bertz CT molecular complexity index is 795. The predicted octanol–water partition coefficient (Wildman–Crippen LogP) is 4.22. The molecule has 0 atom stereocenters. The summed E-state index contributed by atoms with van der Waals surface area (Å²) in [4.78, 5) is 11.5. The molecule has 0 bridgehead atoms. The Labute approximate surface area is 154 Å². The molecule has 0 radical (unpaired) electrons. The summed E-state index contributed by atoms with van der Waals surface area (Å²) in [5, 5.41) is 3.50. The molecule has 2 aromatic carbocycles. The lowest BCUT2D eigenvalue weighted by atomic mass is 10.0. The van der Waals surface area contributed by atoms with Crippen molar-refractivity contribution in [3.8, 4) is 11.1 Å². The highest BCUT2D eigenvalue weighted by atomic mass is 15.2. The maximum absolute atomic E-state index is 4.50. The Hall–Kier alpha value is -2.72. The van der Waals surface area contributed by atoms with Crippen LogP contribution in [0.2, 0.25) is 0 Å². The summed E-state index contributed by atoms with van der Waals surface area (Å²) < 4.78 is 0. The second kappa shape index (κ2) is 8.11. The molecule has 4 heteroatoms. The molecule has 1 fully saturated rings. The van der Waals surface area contributed by atoms with Crippen LogP contribution in [0.4, 0.5) is 5.95 Å².